The molecule has 2 aromatic carbocycles. The molecule has 108 valence electrons. The Hall–Kier alpha value is -1.81. The second kappa shape index (κ2) is 4.88. The van der Waals surface area contributed by atoms with E-state index in [1.165, 1.54) is 6.07 Å². The lowest BCUT2D eigenvalue weighted by atomic mass is 9.92. The molecule has 1 nitrogen and oxygen atoms in total. The van der Waals surface area contributed by atoms with E-state index in [4.69, 9.17) is 11.6 Å². The third-order valence-corrected chi connectivity index (χ3v) is 3.97. The van der Waals surface area contributed by atoms with Gasteiger partial charge in [0, 0.05) is 22.9 Å². The first-order valence-electron chi connectivity index (χ1n) is 6.36. The monoisotopic (exact) mass is 310 g/mol. The third kappa shape index (κ3) is 2.56. The molecule has 0 saturated carbocycles. The van der Waals surface area contributed by atoms with E-state index in [0.717, 1.165) is 17.7 Å². The molecule has 3 rings (SSSR count). The second-order valence-electron chi connectivity index (χ2n) is 5.03. The molecule has 21 heavy (non-hydrogen) atoms. The SMILES string of the molecule is O=C1C[C@H](c2ccc(Cl)cc2)c2ccc(C(F)(F)F)cc21. The molecule has 0 saturated heterocycles. The predicted molar refractivity (Wildman–Crippen MR) is 73.7 cm³/mol. The summed E-state index contributed by atoms with van der Waals surface area (Å²) in [5, 5.41) is 0.579. The number of halogens is 4. The second-order valence-corrected chi connectivity index (χ2v) is 5.47. The van der Waals surface area contributed by atoms with Crippen molar-refractivity contribution >= 4 is 17.4 Å². The topological polar surface area (TPSA) is 17.1 Å². The lowest BCUT2D eigenvalue weighted by Gasteiger charge is -2.13. The molecular formula is C16H10ClF3O. The number of alkyl halides is 3. The standard InChI is InChI=1S/C16H10ClF3O/c17-11-4-1-9(2-5-11)13-8-15(21)14-7-10(16(18,19)20)3-6-12(13)14/h1-7,13H,8H2/t13-/m1/s1. The van der Waals surface area contributed by atoms with Gasteiger partial charge >= 0.3 is 6.18 Å². The number of rotatable bonds is 1. The molecule has 5 heteroatoms. The van der Waals surface area contributed by atoms with Crippen LogP contribution in [0.2, 0.25) is 5.02 Å². The Morgan fingerprint density at radius 2 is 1.71 bits per heavy atom. The zero-order valence-electron chi connectivity index (χ0n) is 10.7. The highest BCUT2D eigenvalue weighted by molar-refractivity contribution is 6.30. The highest BCUT2D eigenvalue weighted by Crippen LogP contribution is 2.41. The molecule has 0 unspecified atom stereocenters. The van der Waals surface area contributed by atoms with Crippen LogP contribution in [0.4, 0.5) is 13.2 Å². The lowest BCUT2D eigenvalue weighted by molar-refractivity contribution is -0.137. The van der Waals surface area contributed by atoms with Gasteiger partial charge in [0.2, 0.25) is 0 Å². The van der Waals surface area contributed by atoms with Crippen LogP contribution in [0, 0.1) is 0 Å². The molecule has 0 heterocycles. The van der Waals surface area contributed by atoms with Gasteiger partial charge in [-0.3, -0.25) is 4.79 Å². The van der Waals surface area contributed by atoms with E-state index < -0.39 is 11.7 Å². The average Bonchev–Trinajstić information content (AvgIpc) is 2.76. The van der Waals surface area contributed by atoms with Gasteiger partial charge in [-0.2, -0.15) is 13.2 Å². The van der Waals surface area contributed by atoms with Crippen molar-refractivity contribution in [2.45, 2.75) is 18.5 Å². The van der Waals surface area contributed by atoms with Crippen molar-refractivity contribution in [3.63, 3.8) is 0 Å². The van der Waals surface area contributed by atoms with Crippen molar-refractivity contribution in [2.24, 2.45) is 0 Å². The van der Waals surface area contributed by atoms with E-state index in [-0.39, 0.29) is 23.7 Å². The Kier molecular flexibility index (Phi) is 3.29. The predicted octanol–water partition coefficient (Wildman–Crippen LogP) is 5.08. The van der Waals surface area contributed by atoms with Gasteiger partial charge in [0.1, 0.15) is 0 Å². The van der Waals surface area contributed by atoms with Gasteiger partial charge in [-0.05, 0) is 35.4 Å². The molecule has 0 fully saturated rings. The Morgan fingerprint density at radius 3 is 2.33 bits per heavy atom. The maximum Gasteiger partial charge on any atom is 0.416 e. The minimum absolute atomic E-state index is 0.171. The summed E-state index contributed by atoms with van der Waals surface area (Å²) in [6.45, 7) is 0. The smallest absolute Gasteiger partial charge is 0.294 e. The van der Waals surface area contributed by atoms with Crippen molar-refractivity contribution in [3.8, 4) is 0 Å². The molecule has 1 atom stereocenters. The molecule has 1 aliphatic rings. The van der Waals surface area contributed by atoms with Crippen LogP contribution < -0.4 is 0 Å². The highest BCUT2D eigenvalue weighted by atomic mass is 35.5. The zero-order chi connectivity index (χ0) is 15.2. The van der Waals surface area contributed by atoms with Crippen LogP contribution in [0.25, 0.3) is 0 Å². The molecule has 0 aliphatic heterocycles. The largest absolute Gasteiger partial charge is 0.416 e. The van der Waals surface area contributed by atoms with Crippen LogP contribution in [-0.4, -0.2) is 5.78 Å². The zero-order valence-corrected chi connectivity index (χ0v) is 11.5. The number of ketones is 1. The van der Waals surface area contributed by atoms with Gasteiger partial charge in [0.25, 0.3) is 0 Å². The van der Waals surface area contributed by atoms with Gasteiger partial charge in [0.15, 0.2) is 5.78 Å². The first-order chi connectivity index (χ1) is 9.86. The fourth-order valence-corrected chi connectivity index (χ4v) is 2.80. The number of fused-ring (bicyclic) bond motifs is 1. The van der Waals surface area contributed by atoms with Crippen LogP contribution in [0.1, 0.15) is 39.4 Å². The molecule has 0 aromatic heterocycles. The molecule has 2 aromatic rings. The number of carbonyl (C=O) groups excluding carboxylic acids is 1. The van der Waals surface area contributed by atoms with Crippen molar-refractivity contribution in [1.82, 2.24) is 0 Å². The normalized spacial score (nSPS) is 17.9. The van der Waals surface area contributed by atoms with E-state index in [0.29, 0.717) is 10.6 Å². The molecule has 0 spiro atoms. The van der Waals surface area contributed by atoms with E-state index in [1.807, 2.05) is 0 Å². The van der Waals surface area contributed by atoms with Crippen LogP contribution in [0.3, 0.4) is 0 Å². The van der Waals surface area contributed by atoms with Gasteiger partial charge < -0.3 is 0 Å². The third-order valence-electron chi connectivity index (χ3n) is 3.72. The summed E-state index contributed by atoms with van der Waals surface area (Å²) in [6.07, 6.45) is -4.24. The quantitative estimate of drug-likeness (QED) is 0.718. The van der Waals surface area contributed by atoms with E-state index >= 15 is 0 Å². The van der Waals surface area contributed by atoms with E-state index in [1.54, 1.807) is 24.3 Å². The van der Waals surface area contributed by atoms with Crippen LogP contribution in [-0.2, 0) is 6.18 Å². The minimum atomic E-state index is -4.44. The highest BCUT2D eigenvalue weighted by Gasteiger charge is 2.35. The average molecular weight is 311 g/mol. The molecule has 0 amide bonds. The van der Waals surface area contributed by atoms with Crippen molar-refractivity contribution in [2.75, 3.05) is 0 Å². The Labute approximate surface area is 124 Å². The molecule has 0 bridgehead atoms. The number of hydrogen-bond donors (Lipinski definition) is 0. The summed E-state index contributed by atoms with van der Waals surface area (Å²) in [6, 6.07) is 10.4. The van der Waals surface area contributed by atoms with Crippen LogP contribution in [0.5, 0.6) is 0 Å². The number of hydrogen-bond acceptors (Lipinski definition) is 1. The molecule has 0 N–H and O–H groups in total. The van der Waals surface area contributed by atoms with E-state index in [2.05, 4.69) is 0 Å². The number of Topliss-reactive ketones (excluding diaryl/α,β-unsaturated/α-hetero) is 1. The summed E-state index contributed by atoms with van der Waals surface area (Å²) >= 11 is 5.83. The summed E-state index contributed by atoms with van der Waals surface area (Å²) in [5.41, 5.74) is 0.915. The maximum atomic E-state index is 12.7. The summed E-state index contributed by atoms with van der Waals surface area (Å²) in [7, 11) is 0. The Balaban J connectivity index is 2.04. The fraction of sp³-hybridized carbons (Fsp3) is 0.188. The van der Waals surface area contributed by atoms with Crippen molar-refractivity contribution in [1.29, 1.82) is 0 Å². The molecule has 1 aliphatic carbocycles. The Bertz CT molecular complexity index is 704. The first kappa shape index (κ1) is 14.1. The van der Waals surface area contributed by atoms with Crippen LogP contribution >= 0.6 is 11.6 Å². The van der Waals surface area contributed by atoms with Crippen molar-refractivity contribution in [3.05, 3.63) is 69.7 Å². The summed E-state index contributed by atoms with van der Waals surface area (Å²) < 4.78 is 38.2. The molecular weight excluding hydrogens is 301 g/mol. The van der Waals surface area contributed by atoms with Gasteiger partial charge in [0.05, 0.1) is 5.56 Å². The van der Waals surface area contributed by atoms with Gasteiger partial charge in [-0.25, -0.2) is 0 Å². The Morgan fingerprint density at radius 1 is 1.05 bits per heavy atom. The van der Waals surface area contributed by atoms with Crippen molar-refractivity contribution < 1.29 is 18.0 Å². The van der Waals surface area contributed by atoms with E-state index in [9.17, 15) is 18.0 Å². The summed E-state index contributed by atoms with van der Waals surface area (Å²) in [5.74, 6) is -0.455. The van der Waals surface area contributed by atoms with Crippen LogP contribution in [0.15, 0.2) is 42.5 Å². The molecule has 0 radical (unpaired) electrons. The first-order valence-corrected chi connectivity index (χ1v) is 6.74. The maximum absolute atomic E-state index is 12.7. The number of benzene rings is 2. The lowest BCUT2D eigenvalue weighted by Crippen LogP contribution is -2.06. The fourth-order valence-electron chi connectivity index (χ4n) is 2.68. The summed E-state index contributed by atoms with van der Waals surface area (Å²) in [4.78, 5) is 12.0. The van der Waals surface area contributed by atoms with Gasteiger partial charge in [-0.15, -0.1) is 0 Å². The van der Waals surface area contributed by atoms with Gasteiger partial charge in [-0.1, -0.05) is 29.8 Å². The number of carbonyl (C=O) groups is 1. The minimum Gasteiger partial charge on any atom is -0.294 e.